The molecular formula is C21H26O2. The maximum absolute atomic E-state index is 5.56. The first-order valence-corrected chi connectivity index (χ1v) is 7.88. The molecule has 1 atom stereocenters. The molecule has 122 valence electrons. The molecule has 0 aliphatic carbocycles. The molecule has 0 saturated heterocycles. The summed E-state index contributed by atoms with van der Waals surface area (Å²) in [6, 6.07) is 7.86. The van der Waals surface area contributed by atoms with E-state index in [1.165, 1.54) is 5.57 Å². The van der Waals surface area contributed by atoms with Crippen molar-refractivity contribution < 1.29 is 9.47 Å². The minimum atomic E-state index is 0.442. The molecule has 1 rings (SSSR count). The summed E-state index contributed by atoms with van der Waals surface area (Å²) >= 11 is 0. The van der Waals surface area contributed by atoms with E-state index in [1.54, 1.807) is 7.11 Å². The number of hydrogen-bond donors (Lipinski definition) is 0. The largest absolute Gasteiger partial charge is 0.497 e. The van der Waals surface area contributed by atoms with E-state index in [-0.39, 0.29) is 0 Å². The van der Waals surface area contributed by atoms with Gasteiger partial charge < -0.3 is 9.47 Å². The lowest BCUT2D eigenvalue weighted by molar-refractivity contribution is 0.153. The van der Waals surface area contributed by atoms with Crippen LogP contribution in [0.3, 0.4) is 0 Å². The van der Waals surface area contributed by atoms with E-state index in [9.17, 15) is 0 Å². The SMILES string of the molecule is C=C(C)[C@@H](CC#CC)CCC#CCOCc1ccc(OC)cc1. The van der Waals surface area contributed by atoms with Gasteiger partial charge in [-0.25, -0.2) is 0 Å². The molecule has 0 fully saturated rings. The summed E-state index contributed by atoms with van der Waals surface area (Å²) in [7, 11) is 1.66. The quantitative estimate of drug-likeness (QED) is 0.397. The smallest absolute Gasteiger partial charge is 0.118 e. The number of allylic oxidation sites excluding steroid dienone is 1. The van der Waals surface area contributed by atoms with Crippen molar-refractivity contribution >= 4 is 0 Å². The molecule has 23 heavy (non-hydrogen) atoms. The summed E-state index contributed by atoms with van der Waals surface area (Å²) < 4.78 is 10.7. The van der Waals surface area contributed by atoms with Crippen LogP contribution in [0.25, 0.3) is 0 Å². The average molecular weight is 310 g/mol. The van der Waals surface area contributed by atoms with Gasteiger partial charge in [0.2, 0.25) is 0 Å². The Bertz CT molecular complexity index is 591. The Balaban J connectivity index is 2.23. The molecule has 2 heteroatoms. The molecule has 0 aliphatic rings. The maximum atomic E-state index is 5.56. The van der Waals surface area contributed by atoms with E-state index in [0.717, 1.165) is 30.6 Å². The third kappa shape index (κ3) is 8.15. The van der Waals surface area contributed by atoms with E-state index in [4.69, 9.17) is 9.47 Å². The van der Waals surface area contributed by atoms with E-state index in [1.807, 2.05) is 31.2 Å². The minimum absolute atomic E-state index is 0.442. The Morgan fingerprint density at radius 3 is 2.52 bits per heavy atom. The zero-order valence-electron chi connectivity index (χ0n) is 14.4. The van der Waals surface area contributed by atoms with Crippen molar-refractivity contribution in [3.05, 3.63) is 42.0 Å². The van der Waals surface area contributed by atoms with Crippen molar-refractivity contribution in [1.82, 2.24) is 0 Å². The van der Waals surface area contributed by atoms with Crippen LogP contribution in [0.15, 0.2) is 36.4 Å². The molecule has 2 nitrogen and oxygen atoms in total. The first kappa shape index (κ1) is 18.9. The van der Waals surface area contributed by atoms with E-state index in [0.29, 0.717) is 19.1 Å². The van der Waals surface area contributed by atoms with E-state index >= 15 is 0 Å². The van der Waals surface area contributed by atoms with Gasteiger partial charge in [-0.05, 0) is 43.9 Å². The average Bonchev–Trinajstić information content (AvgIpc) is 2.56. The monoisotopic (exact) mass is 310 g/mol. The van der Waals surface area contributed by atoms with Gasteiger partial charge in [-0.15, -0.1) is 17.8 Å². The second kappa shape index (κ2) is 11.4. The van der Waals surface area contributed by atoms with Gasteiger partial charge in [-0.2, -0.15) is 0 Å². The Labute approximate surface area is 140 Å². The maximum Gasteiger partial charge on any atom is 0.118 e. The van der Waals surface area contributed by atoms with E-state index < -0.39 is 0 Å². The normalized spacial score (nSPS) is 10.7. The highest BCUT2D eigenvalue weighted by atomic mass is 16.5. The van der Waals surface area contributed by atoms with Crippen LogP contribution in [0.2, 0.25) is 0 Å². The molecule has 0 heterocycles. The zero-order chi connectivity index (χ0) is 16.9. The fraction of sp³-hybridized carbons (Fsp3) is 0.429. The summed E-state index contributed by atoms with van der Waals surface area (Å²) in [6.45, 7) is 8.99. The third-order valence-corrected chi connectivity index (χ3v) is 3.57. The molecule has 0 N–H and O–H groups in total. The van der Waals surface area contributed by atoms with Crippen LogP contribution in [0.1, 0.15) is 38.7 Å². The van der Waals surface area contributed by atoms with Crippen molar-refractivity contribution in [2.45, 2.75) is 39.7 Å². The fourth-order valence-corrected chi connectivity index (χ4v) is 2.08. The van der Waals surface area contributed by atoms with Gasteiger partial charge in [0.15, 0.2) is 0 Å². The summed E-state index contributed by atoms with van der Waals surface area (Å²) in [6.07, 6.45) is 2.74. The van der Waals surface area contributed by atoms with Crippen molar-refractivity contribution in [2.24, 2.45) is 5.92 Å². The lowest BCUT2D eigenvalue weighted by Gasteiger charge is -2.11. The zero-order valence-corrected chi connectivity index (χ0v) is 14.4. The lowest BCUT2D eigenvalue weighted by atomic mass is 9.93. The molecule has 0 amide bonds. The Morgan fingerprint density at radius 1 is 1.17 bits per heavy atom. The Morgan fingerprint density at radius 2 is 1.91 bits per heavy atom. The van der Waals surface area contributed by atoms with Crippen molar-refractivity contribution in [2.75, 3.05) is 13.7 Å². The van der Waals surface area contributed by atoms with Crippen LogP contribution >= 0.6 is 0 Å². The van der Waals surface area contributed by atoms with Crippen LogP contribution in [0.4, 0.5) is 0 Å². The predicted octanol–water partition coefficient (Wildman–Crippen LogP) is 4.60. The molecule has 1 aromatic carbocycles. The first-order valence-electron chi connectivity index (χ1n) is 7.88. The molecule has 0 unspecified atom stereocenters. The van der Waals surface area contributed by atoms with Crippen LogP contribution in [0.5, 0.6) is 5.75 Å². The Kier molecular flexibility index (Phi) is 9.37. The number of benzene rings is 1. The molecule has 0 spiro atoms. The van der Waals surface area contributed by atoms with Gasteiger partial charge in [0.05, 0.1) is 13.7 Å². The molecular weight excluding hydrogens is 284 g/mol. The van der Waals surface area contributed by atoms with Crippen LogP contribution in [-0.4, -0.2) is 13.7 Å². The summed E-state index contributed by atoms with van der Waals surface area (Å²) in [5.41, 5.74) is 2.30. The number of rotatable bonds is 8. The van der Waals surface area contributed by atoms with Gasteiger partial charge >= 0.3 is 0 Å². The summed E-state index contributed by atoms with van der Waals surface area (Å²) in [4.78, 5) is 0. The summed E-state index contributed by atoms with van der Waals surface area (Å²) in [5.74, 6) is 13.6. The highest BCUT2D eigenvalue weighted by Gasteiger charge is 2.06. The highest BCUT2D eigenvalue weighted by molar-refractivity contribution is 5.26. The third-order valence-electron chi connectivity index (χ3n) is 3.57. The Hall–Kier alpha value is -2.16. The van der Waals surface area contributed by atoms with Gasteiger partial charge in [0, 0.05) is 12.8 Å². The topological polar surface area (TPSA) is 18.5 Å². The number of ether oxygens (including phenoxy) is 2. The van der Waals surface area contributed by atoms with Crippen molar-refractivity contribution in [3.63, 3.8) is 0 Å². The predicted molar refractivity (Wildman–Crippen MR) is 96.0 cm³/mol. The number of methoxy groups -OCH3 is 1. The molecule has 0 bridgehead atoms. The standard InChI is InChI=1S/C21H26O2/c1-5-6-10-20(18(2)3)11-8-7-9-16-23-17-19-12-14-21(22-4)15-13-19/h12-15,20H,2,8,10-11,16-17H2,1,3-4H3/t20-/m0/s1. The van der Waals surface area contributed by atoms with Crippen LogP contribution in [-0.2, 0) is 11.3 Å². The second-order valence-corrected chi connectivity index (χ2v) is 5.41. The van der Waals surface area contributed by atoms with Gasteiger partial charge in [0.25, 0.3) is 0 Å². The number of hydrogen-bond acceptors (Lipinski definition) is 2. The van der Waals surface area contributed by atoms with Gasteiger partial charge in [-0.3, -0.25) is 0 Å². The first-order chi connectivity index (χ1) is 11.2. The van der Waals surface area contributed by atoms with Gasteiger partial charge in [-0.1, -0.05) is 30.2 Å². The van der Waals surface area contributed by atoms with E-state index in [2.05, 4.69) is 37.2 Å². The molecule has 0 radical (unpaired) electrons. The van der Waals surface area contributed by atoms with Crippen molar-refractivity contribution in [3.8, 4) is 29.4 Å². The minimum Gasteiger partial charge on any atom is -0.497 e. The lowest BCUT2D eigenvalue weighted by Crippen LogP contribution is -2.00. The van der Waals surface area contributed by atoms with Crippen LogP contribution in [0, 0.1) is 29.6 Å². The second-order valence-electron chi connectivity index (χ2n) is 5.41. The molecule has 0 saturated carbocycles. The summed E-state index contributed by atoms with van der Waals surface area (Å²) in [5, 5.41) is 0. The molecule has 1 aromatic rings. The van der Waals surface area contributed by atoms with Gasteiger partial charge in [0.1, 0.15) is 12.4 Å². The molecule has 0 aromatic heterocycles. The van der Waals surface area contributed by atoms with Crippen LogP contribution < -0.4 is 4.74 Å². The fourth-order valence-electron chi connectivity index (χ4n) is 2.08. The van der Waals surface area contributed by atoms with Crippen molar-refractivity contribution in [1.29, 1.82) is 0 Å². The highest BCUT2D eigenvalue weighted by Crippen LogP contribution is 2.18. The molecule has 0 aliphatic heterocycles.